The van der Waals surface area contributed by atoms with Crippen LogP contribution in [0.25, 0.3) is 0 Å². The Balaban J connectivity index is 2.06. The van der Waals surface area contributed by atoms with Crippen LogP contribution in [0.15, 0.2) is 18.2 Å². The molecule has 1 aromatic carbocycles. The summed E-state index contributed by atoms with van der Waals surface area (Å²) >= 11 is 12.0. The Labute approximate surface area is 147 Å². The highest BCUT2D eigenvalue weighted by Crippen LogP contribution is 2.28. The maximum atomic E-state index is 12.7. The van der Waals surface area contributed by atoms with E-state index in [9.17, 15) is 9.59 Å². The highest BCUT2D eigenvalue weighted by atomic mass is 35.5. The lowest BCUT2D eigenvalue weighted by Gasteiger charge is -2.21. The lowest BCUT2D eigenvalue weighted by Crippen LogP contribution is -2.43. The molecule has 1 aliphatic rings. The minimum Gasteiger partial charge on any atom is -0.323 e. The van der Waals surface area contributed by atoms with E-state index in [4.69, 9.17) is 23.2 Å². The monoisotopic (exact) mass is 356 g/mol. The van der Waals surface area contributed by atoms with Gasteiger partial charge < -0.3 is 5.32 Å². The lowest BCUT2D eigenvalue weighted by atomic mass is 9.94. The van der Waals surface area contributed by atoms with Crippen molar-refractivity contribution in [1.29, 1.82) is 0 Å². The molecule has 1 N–H and O–H groups in total. The number of unbranched alkanes of at least 4 members (excludes halogenated alkanes) is 3. The molecule has 1 unspecified atom stereocenters. The van der Waals surface area contributed by atoms with Gasteiger partial charge in [0.05, 0.1) is 6.54 Å². The first kappa shape index (κ1) is 18.1. The van der Waals surface area contributed by atoms with Crippen LogP contribution in [-0.2, 0) is 11.3 Å². The average Bonchev–Trinajstić information content (AvgIpc) is 2.70. The smallest absolute Gasteiger partial charge is 0.323 e. The van der Waals surface area contributed by atoms with Gasteiger partial charge in [0.1, 0.15) is 5.54 Å². The summed E-state index contributed by atoms with van der Waals surface area (Å²) in [5.74, 6) is -0.190. The molecule has 1 atom stereocenters. The zero-order valence-corrected chi connectivity index (χ0v) is 15.0. The fraction of sp³-hybridized carbons (Fsp3) is 0.529. The predicted molar refractivity (Wildman–Crippen MR) is 92.7 cm³/mol. The summed E-state index contributed by atoms with van der Waals surface area (Å²) < 4.78 is 0. The summed E-state index contributed by atoms with van der Waals surface area (Å²) in [5, 5.41) is 3.80. The molecule has 0 saturated carbocycles. The highest BCUT2D eigenvalue weighted by Gasteiger charge is 2.47. The standard InChI is InChI=1S/C17H22Cl2N2O2/c1-3-4-5-6-9-17(2)15(22)21(16(23)20-17)11-12-7-8-13(18)10-14(12)19/h7-8,10H,3-6,9,11H2,1-2H3,(H,20,23). The van der Waals surface area contributed by atoms with Crippen molar-refractivity contribution in [3.8, 4) is 0 Å². The van der Waals surface area contributed by atoms with Crippen LogP contribution in [0.1, 0.15) is 51.5 Å². The zero-order valence-electron chi connectivity index (χ0n) is 13.5. The van der Waals surface area contributed by atoms with Gasteiger partial charge in [0.15, 0.2) is 0 Å². The number of rotatable bonds is 7. The molecule has 1 saturated heterocycles. The number of amides is 3. The van der Waals surface area contributed by atoms with E-state index in [1.807, 2.05) is 0 Å². The van der Waals surface area contributed by atoms with Gasteiger partial charge in [0.25, 0.3) is 5.91 Å². The molecule has 6 heteroatoms. The molecule has 3 amide bonds. The Morgan fingerprint density at radius 2 is 1.91 bits per heavy atom. The Morgan fingerprint density at radius 3 is 2.57 bits per heavy atom. The van der Waals surface area contributed by atoms with Crippen molar-refractivity contribution in [3.05, 3.63) is 33.8 Å². The second-order valence-corrected chi connectivity index (χ2v) is 7.04. The molecule has 2 rings (SSSR count). The van der Waals surface area contributed by atoms with Crippen molar-refractivity contribution >= 4 is 35.1 Å². The Hall–Kier alpha value is -1.26. The van der Waals surface area contributed by atoms with E-state index in [1.54, 1.807) is 25.1 Å². The van der Waals surface area contributed by atoms with Crippen LogP contribution in [-0.4, -0.2) is 22.4 Å². The third-order valence-corrected chi connectivity index (χ3v) is 4.81. The fourth-order valence-electron chi connectivity index (χ4n) is 2.79. The molecule has 4 nitrogen and oxygen atoms in total. The molecular formula is C17H22Cl2N2O2. The van der Waals surface area contributed by atoms with Crippen molar-refractivity contribution in [1.82, 2.24) is 10.2 Å². The number of nitrogens with zero attached hydrogens (tertiary/aromatic N) is 1. The molecule has 0 aliphatic carbocycles. The second kappa shape index (κ2) is 7.54. The molecule has 0 bridgehead atoms. The number of hydrogen-bond donors (Lipinski definition) is 1. The Morgan fingerprint density at radius 1 is 1.17 bits per heavy atom. The molecule has 0 spiro atoms. The molecule has 0 aromatic heterocycles. The number of benzene rings is 1. The highest BCUT2D eigenvalue weighted by molar-refractivity contribution is 6.35. The summed E-state index contributed by atoms with van der Waals surface area (Å²) in [6.07, 6.45) is 4.92. The van der Waals surface area contributed by atoms with Crippen molar-refractivity contribution in [3.63, 3.8) is 0 Å². The topological polar surface area (TPSA) is 49.4 Å². The van der Waals surface area contributed by atoms with Crippen LogP contribution in [0.3, 0.4) is 0 Å². The second-order valence-electron chi connectivity index (χ2n) is 6.20. The number of imide groups is 1. The first-order valence-corrected chi connectivity index (χ1v) is 8.71. The predicted octanol–water partition coefficient (Wildman–Crippen LogP) is 4.77. The van der Waals surface area contributed by atoms with Crippen molar-refractivity contribution in [2.75, 3.05) is 0 Å². The van der Waals surface area contributed by atoms with Crippen molar-refractivity contribution in [2.45, 2.75) is 58.0 Å². The lowest BCUT2D eigenvalue weighted by molar-refractivity contribution is -0.131. The third-order valence-electron chi connectivity index (χ3n) is 4.22. The molecule has 0 radical (unpaired) electrons. The summed E-state index contributed by atoms with van der Waals surface area (Å²) in [5.41, 5.74) is -0.112. The van der Waals surface area contributed by atoms with E-state index in [1.165, 1.54) is 4.90 Å². The number of carbonyl (C=O) groups is 2. The van der Waals surface area contributed by atoms with E-state index in [2.05, 4.69) is 12.2 Å². The van der Waals surface area contributed by atoms with Crippen LogP contribution in [0.5, 0.6) is 0 Å². The first-order chi connectivity index (χ1) is 10.9. The van der Waals surface area contributed by atoms with E-state index in [0.717, 1.165) is 25.7 Å². The summed E-state index contributed by atoms with van der Waals surface area (Å²) in [6.45, 7) is 4.09. The first-order valence-electron chi connectivity index (χ1n) is 7.95. The normalized spacial score (nSPS) is 21.0. The molecule has 1 aliphatic heterocycles. The van der Waals surface area contributed by atoms with Crippen LogP contribution >= 0.6 is 23.2 Å². The van der Waals surface area contributed by atoms with Crippen molar-refractivity contribution < 1.29 is 9.59 Å². The van der Waals surface area contributed by atoms with Crippen molar-refractivity contribution in [2.24, 2.45) is 0 Å². The fourth-order valence-corrected chi connectivity index (χ4v) is 3.25. The van der Waals surface area contributed by atoms with Gasteiger partial charge in [0, 0.05) is 10.0 Å². The third kappa shape index (κ3) is 4.18. The maximum absolute atomic E-state index is 12.7. The van der Waals surface area contributed by atoms with Gasteiger partial charge in [-0.2, -0.15) is 0 Å². The zero-order chi connectivity index (χ0) is 17.0. The summed E-state index contributed by atoms with van der Waals surface area (Å²) in [4.78, 5) is 26.1. The van der Waals surface area contributed by atoms with Crippen LogP contribution in [0.4, 0.5) is 4.79 Å². The largest absolute Gasteiger partial charge is 0.325 e. The van der Waals surface area contributed by atoms with Crippen LogP contribution in [0, 0.1) is 0 Å². The van der Waals surface area contributed by atoms with Crippen LogP contribution in [0.2, 0.25) is 10.0 Å². The number of carbonyl (C=O) groups excluding carboxylic acids is 2. The quantitative estimate of drug-likeness (QED) is 0.564. The molecule has 1 aromatic rings. The number of nitrogens with one attached hydrogen (secondary N) is 1. The van der Waals surface area contributed by atoms with Crippen LogP contribution < -0.4 is 5.32 Å². The number of halogens is 2. The van der Waals surface area contributed by atoms with E-state index >= 15 is 0 Å². The Kier molecular flexibility index (Phi) is 5.93. The molecule has 1 heterocycles. The van der Waals surface area contributed by atoms with Gasteiger partial charge in [-0.05, 0) is 31.0 Å². The minimum atomic E-state index is -0.816. The average molecular weight is 357 g/mol. The maximum Gasteiger partial charge on any atom is 0.325 e. The van der Waals surface area contributed by atoms with E-state index < -0.39 is 5.54 Å². The summed E-state index contributed by atoms with van der Waals surface area (Å²) in [7, 11) is 0. The van der Waals surface area contributed by atoms with Gasteiger partial charge in [-0.15, -0.1) is 0 Å². The van der Waals surface area contributed by atoms with E-state index in [0.29, 0.717) is 22.0 Å². The number of urea groups is 1. The van der Waals surface area contributed by atoms with Gasteiger partial charge in [-0.1, -0.05) is 61.9 Å². The van der Waals surface area contributed by atoms with Gasteiger partial charge in [-0.25, -0.2) is 4.79 Å². The molecule has 23 heavy (non-hydrogen) atoms. The molecule has 126 valence electrons. The summed E-state index contributed by atoms with van der Waals surface area (Å²) in [6, 6.07) is 4.69. The van der Waals surface area contributed by atoms with E-state index in [-0.39, 0.29) is 18.5 Å². The van der Waals surface area contributed by atoms with Gasteiger partial charge in [-0.3, -0.25) is 9.69 Å². The van der Waals surface area contributed by atoms with Gasteiger partial charge in [0.2, 0.25) is 0 Å². The Bertz CT molecular complexity index is 606. The molecule has 1 fully saturated rings. The molecular weight excluding hydrogens is 335 g/mol. The SMILES string of the molecule is CCCCCCC1(C)NC(=O)N(Cc2ccc(Cl)cc2Cl)C1=O. The van der Waals surface area contributed by atoms with Gasteiger partial charge >= 0.3 is 6.03 Å². The minimum absolute atomic E-state index is 0.158. The number of hydrogen-bond acceptors (Lipinski definition) is 2.